The van der Waals surface area contributed by atoms with Crippen LogP contribution < -0.4 is 10.6 Å². The molecular weight excluding hydrogens is 248 g/mol. The van der Waals surface area contributed by atoms with E-state index in [1.54, 1.807) is 18.4 Å². The Balaban J connectivity index is 2.27. The summed E-state index contributed by atoms with van der Waals surface area (Å²) in [7, 11) is 1.62. The predicted octanol–water partition coefficient (Wildman–Crippen LogP) is 1.55. The fourth-order valence-corrected chi connectivity index (χ4v) is 2.39. The standard InChI is InChI=1S/C13H22N2O2S/c1-4-11-5-6-12(18-11)9-15-10(2)13(16)14-7-8-17-3/h5-6,10,15H,4,7-9H2,1-3H3,(H,14,16). The number of rotatable bonds is 8. The Hall–Kier alpha value is -0.910. The molecule has 1 rings (SSSR count). The molecule has 0 saturated carbocycles. The van der Waals surface area contributed by atoms with Crippen molar-refractivity contribution < 1.29 is 9.53 Å². The summed E-state index contributed by atoms with van der Waals surface area (Å²) in [6.07, 6.45) is 1.07. The number of aryl methyl sites for hydroxylation is 1. The van der Waals surface area contributed by atoms with Crippen LogP contribution in [-0.2, 0) is 22.5 Å². The van der Waals surface area contributed by atoms with Crippen molar-refractivity contribution in [2.24, 2.45) is 0 Å². The molecule has 0 aliphatic rings. The van der Waals surface area contributed by atoms with Crippen molar-refractivity contribution >= 4 is 17.2 Å². The Morgan fingerprint density at radius 1 is 1.44 bits per heavy atom. The molecule has 0 saturated heterocycles. The summed E-state index contributed by atoms with van der Waals surface area (Å²) in [5.41, 5.74) is 0. The molecular formula is C13H22N2O2S. The number of hydrogen-bond donors (Lipinski definition) is 2. The van der Waals surface area contributed by atoms with Gasteiger partial charge in [-0.2, -0.15) is 0 Å². The molecule has 0 aromatic carbocycles. The maximum atomic E-state index is 11.7. The first-order valence-corrected chi connectivity index (χ1v) is 7.06. The molecule has 18 heavy (non-hydrogen) atoms. The summed E-state index contributed by atoms with van der Waals surface area (Å²) in [4.78, 5) is 14.3. The molecule has 1 atom stereocenters. The van der Waals surface area contributed by atoms with Gasteiger partial charge in [-0.1, -0.05) is 6.92 Å². The molecule has 1 unspecified atom stereocenters. The van der Waals surface area contributed by atoms with Crippen molar-refractivity contribution in [2.75, 3.05) is 20.3 Å². The third kappa shape index (κ3) is 5.16. The molecule has 0 aliphatic heterocycles. The summed E-state index contributed by atoms with van der Waals surface area (Å²) < 4.78 is 4.88. The normalized spacial score (nSPS) is 12.4. The van der Waals surface area contributed by atoms with Gasteiger partial charge >= 0.3 is 0 Å². The first-order chi connectivity index (χ1) is 8.67. The van der Waals surface area contributed by atoms with Gasteiger partial charge in [0.25, 0.3) is 0 Å². The SMILES string of the molecule is CCc1ccc(CNC(C)C(=O)NCCOC)s1. The monoisotopic (exact) mass is 270 g/mol. The molecule has 102 valence electrons. The highest BCUT2D eigenvalue weighted by Gasteiger charge is 2.11. The number of ether oxygens (including phenoxy) is 1. The van der Waals surface area contributed by atoms with Gasteiger partial charge in [0.15, 0.2) is 0 Å². The molecule has 1 aromatic heterocycles. The van der Waals surface area contributed by atoms with Gasteiger partial charge in [0.05, 0.1) is 12.6 Å². The molecule has 1 heterocycles. The van der Waals surface area contributed by atoms with E-state index in [2.05, 4.69) is 29.7 Å². The van der Waals surface area contributed by atoms with Crippen LogP contribution in [0.2, 0.25) is 0 Å². The van der Waals surface area contributed by atoms with Gasteiger partial charge in [0.1, 0.15) is 0 Å². The Bertz CT molecular complexity index is 366. The van der Waals surface area contributed by atoms with E-state index in [-0.39, 0.29) is 11.9 Å². The quantitative estimate of drug-likeness (QED) is 0.705. The highest BCUT2D eigenvalue weighted by atomic mass is 32.1. The fourth-order valence-electron chi connectivity index (χ4n) is 1.48. The number of thiophene rings is 1. The van der Waals surface area contributed by atoms with Gasteiger partial charge in [0, 0.05) is 30.0 Å². The second-order valence-corrected chi connectivity index (χ2v) is 5.36. The number of methoxy groups -OCH3 is 1. The minimum atomic E-state index is -0.186. The van der Waals surface area contributed by atoms with Crippen LogP contribution in [0.5, 0.6) is 0 Å². The van der Waals surface area contributed by atoms with E-state index in [0.29, 0.717) is 13.2 Å². The highest BCUT2D eigenvalue weighted by Crippen LogP contribution is 2.16. The molecule has 2 N–H and O–H groups in total. The van der Waals surface area contributed by atoms with Gasteiger partial charge in [-0.3, -0.25) is 4.79 Å². The van der Waals surface area contributed by atoms with E-state index in [1.165, 1.54) is 9.75 Å². The molecule has 0 bridgehead atoms. The molecule has 0 radical (unpaired) electrons. The van der Waals surface area contributed by atoms with Crippen molar-refractivity contribution in [1.29, 1.82) is 0 Å². The molecule has 4 nitrogen and oxygen atoms in total. The molecule has 1 amide bonds. The van der Waals surface area contributed by atoms with Crippen LogP contribution in [0, 0.1) is 0 Å². The zero-order chi connectivity index (χ0) is 13.4. The van der Waals surface area contributed by atoms with Crippen molar-refractivity contribution in [1.82, 2.24) is 10.6 Å². The van der Waals surface area contributed by atoms with Crippen molar-refractivity contribution in [3.05, 3.63) is 21.9 Å². The number of carbonyl (C=O) groups is 1. The number of nitrogens with one attached hydrogen (secondary N) is 2. The van der Waals surface area contributed by atoms with Gasteiger partial charge < -0.3 is 15.4 Å². The molecule has 0 aliphatic carbocycles. The Morgan fingerprint density at radius 2 is 2.17 bits per heavy atom. The average molecular weight is 270 g/mol. The molecule has 1 aromatic rings. The van der Waals surface area contributed by atoms with Crippen LogP contribution in [0.15, 0.2) is 12.1 Å². The number of carbonyl (C=O) groups excluding carboxylic acids is 1. The van der Waals surface area contributed by atoms with Crippen molar-refractivity contribution in [3.8, 4) is 0 Å². The largest absolute Gasteiger partial charge is 0.383 e. The average Bonchev–Trinajstić information content (AvgIpc) is 2.84. The Labute approximate surface area is 113 Å². The van der Waals surface area contributed by atoms with Gasteiger partial charge in [0.2, 0.25) is 5.91 Å². The highest BCUT2D eigenvalue weighted by molar-refractivity contribution is 7.11. The molecule has 0 fully saturated rings. The molecule has 5 heteroatoms. The van der Waals surface area contributed by atoms with Crippen LogP contribution in [0.25, 0.3) is 0 Å². The Kier molecular flexibility index (Phi) is 6.93. The van der Waals surface area contributed by atoms with Crippen LogP contribution in [0.4, 0.5) is 0 Å². The van der Waals surface area contributed by atoms with Crippen LogP contribution in [0.1, 0.15) is 23.6 Å². The lowest BCUT2D eigenvalue weighted by atomic mass is 10.3. The zero-order valence-electron chi connectivity index (χ0n) is 11.3. The second-order valence-electron chi connectivity index (χ2n) is 4.11. The maximum absolute atomic E-state index is 11.7. The number of hydrogen-bond acceptors (Lipinski definition) is 4. The molecule has 0 spiro atoms. The third-order valence-electron chi connectivity index (χ3n) is 2.65. The minimum absolute atomic E-state index is 0.0133. The number of amides is 1. The van der Waals surface area contributed by atoms with Gasteiger partial charge in [-0.15, -0.1) is 11.3 Å². The summed E-state index contributed by atoms with van der Waals surface area (Å²) in [6, 6.07) is 4.07. The summed E-state index contributed by atoms with van der Waals surface area (Å²) in [5.74, 6) is 0.0133. The van der Waals surface area contributed by atoms with Crippen molar-refractivity contribution in [2.45, 2.75) is 32.9 Å². The maximum Gasteiger partial charge on any atom is 0.236 e. The topological polar surface area (TPSA) is 50.4 Å². The summed E-state index contributed by atoms with van der Waals surface area (Å²) >= 11 is 1.79. The van der Waals surface area contributed by atoms with E-state index in [0.717, 1.165) is 13.0 Å². The van der Waals surface area contributed by atoms with E-state index in [1.807, 2.05) is 6.92 Å². The van der Waals surface area contributed by atoms with Crippen LogP contribution in [-0.4, -0.2) is 32.2 Å². The van der Waals surface area contributed by atoms with E-state index in [4.69, 9.17) is 4.74 Å². The first kappa shape index (κ1) is 15.1. The second kappa shape index (κ2) is 8.24. The third-order valence-corrected chi connectivity index (χ3v) is 3.88. The van der Waals surface area contributed by atoms with E-state index < -0.39 is 0 Å². The van der Waals surface area contributed by atoms with Crippen LogP contribution >= 0.6 is 11.3 Å². The summed E-state index contributed by atoms with van der Waals surface area (Å²) in [6.45, 7) is 5.86. The Morgan fingerprint density at radius 3 is 2.78 bits per heavy atom. The summed E-state index contributed by atoms with van der Waals surface area (Å²) in [5, 5.41) is 6.03. The lowest BCUT2D eigenvalue weighted by Crippen LogP contribution is -2.42. The van der Waals surface area contributed by atoms with E-state index >= 15 is 0 Å². The minimum Gasteiger partial charge on any atom is -0.383 e. The predicted molar refractivity (Wildman–Crippen MR) is 74.9 cm³/mol. The van der Waals surface area contributed by atoms with Gasteiger partial charge in [-0.05, 0) is 25.5 Å². The van der Waals surface area contributed by atoms with Gasteiger partial charge in [-0.25, -0.2) is 0 Å². The lowest BCUT2D eigenvalue weighted by Gasteiger charge is -2.13. The van der Waals surface area contributed by atoms with E-state index in [9.17, 15) is 4.79 Å². The lowest BCUT2D eigenvalue weighted by molar-refractivity contribution is -0.122. The first-order valence-electron chi connectivity index (χ1n) is 6.25. The van der Waals surface area contributed by atoms with Crippen LogP contribution in [0.3, 0.4) is 0 Å². The fraction of sp³-hybridized carbons (Fsp3) is 0.615. The smallest absolute Gasteiger partial charge is 0.236 e. The zero-order valence-corrected chi connectivity index (χ0v) is 12.1. The van der Waals surface area contributed by atoms with Crippen molar-refractivity contribution in [3.63, 3.8) is 0 Å².